The van der Waals surface area contributed by atoms with Gasteiger partial charge >= 0.3 is 0 Å². The summed E-state index contributed by atoms with van der Waals surface area (Å²) in [7, 11) is 0. The first kappa shape index (κ1) is 33.1. The van der Waals surface area contributed by atoms with E-state index < -0.39 is 0 Å². The highest BCUT2D eigenvalue weighted by molar-refractivity contribution is 6.05. The van der Waals surface area contributed by atoms with E-state index in [1.54, 1.807) is 74.5 Å². The van der Waals surface area contributed by atoms with Crippen LogP contribution < -0.4 is 21.5 Å². The van der Waals surface area contributed by atoms with E-state index in [0.717, 1.165) is 24.0 Å². The minimum atomic E-state index is -0.359. The van der Waals surface area contributed by atoms with Gasteiger partial charge in [-0.25, -0.2) is 10.9 Å². The lowest BCUT2D eigenvalue weighted by Crippen LogP contribution is -2.19. The Morgan fingerprint density at radius 2 is 1.02 bits per heavy atom. The normalized spacial score (nSPS) is 11.5. The number of anilines is 2. The van der Waals surface area contributed by atoms with Gasteiger partial charge in [-0.1, -0.05) is 37.1 Å². The van der Waals surface area contributed by atoms with Crippen LogP contribution in [-0.4, -0.2) is 35.1 Å². The number of nitrogens with zero attached hydrogens (tertiary/aromatic N) is 2. The van der Waals surface area contributed by atoms with Crippen molar-refractivity contribution in [3.63, 3.8) is 0 Å². The predicted molar refractivity (Wildman–Crippen MR) is 175 cm³/mol. The topological polar surface area (TPSA) is 167 Å². The molecule has 4 N–H and O–H groups in total. The van der Waals surface area contributed by atoms with E-state index in [4.69, 9.17) is 8.83 Å². The molecular formula is C34H36N6O6. The van der Waals surface area contributed by atoms with Gasteiger partial charge < -0.3 is 19.5 Å². The Kier molecular flexibility index (Phi) is 12.2. The van der Waals surface area contributed by atoms with Crippen LogP contribution in [0.3, 0.4) is 0 Å². The summed E-state index contributed by atoms with van der Waals surface area (Å²) in [6, 6.07) is 20.7. The lowest BCUT2D eigenvalue weighted by Gasteiger charge is -2.07. The number of benzene rings is 2. The van der Waals surface area contributed by atoms with Crippen molar-refractivity contribution >= 4 is 46.4 Å². The molecule has 4 amide bonds. The highest BCUT2D eigenvalue weighted by Gasteiger charge is 2.11. The minimum absolute atomic E-state index is 0.200. The van der Waals surface area contributed by atoms with Crippen LogP contribution in [0.25, 0.3) is 0 Å². The van der Waals surface area contributed by atoms with Crippen LogP contribution in [-0.2, 0) is 9.59 Å². The van der Waals surface area contributed by atoms with Crippen molar-refractivity contribution in [1.82, 2.24) is 10.9 Å². The Labute approximate surface area is 266 Å². The SMILES string of the molecule is CC(=NNC(=O)CCCCCCC(=O)NN=C(C)c1cccc(NC(=O)c2ccco2)c1)c1cccc(NC(=O)c2ccco2)c1. The molecule has 4 aromatic rings. The second kappa shape index (κ2) is 16.9. The fourth-order valence-corrected chi connectivity index (χ4v) is 4.30. The van der Waals surface area contributed by atoms with Crippen molar-refractivity contribution in [1.29, 1.82) is 0 Å². The monoisotopic (exact) mass is 624 g/mol. The lowest BCUT2D eigenvalue weighted by atomic mass is 10.1. The molecule has 12 nitrogen and oxygen atoms in total. The average Bonchev–Trinajstić information content (AvgIpc) is 3.80. The van der Waals surface area contributed by atoms with Gasteiger partial charge in [-0.15, -0.1) is 0 Å². The number of hydrogen-bond acceptors (Lipinski definition) is 8. The van der Waals surface area contributed by atoms with E-state index in [9.17, 15) is 19.2 Å². The summed E-state index contributed by atoms with van der Waals surface area (Å²) in [6.07, 6.45) is 6.40. The molecule has 12 heteroatoms. The largest absolute Gasteiger partial charge is 0.459 e. The first-order valence-corrected chi connectivity index (χ1v) is 14.9. The van der Waals surface area contributed by atoms with E-state index in [2.05, 4.69) is 31.7 Å². The van der Waals surface area contributed by atoms with E-state index in [-0.39, 0.29) is 35.1 Å². The molecule has 2 aromatic heterocycles. The Morgan fingerprint density at radius 1 is 0.587 bits per heavy atom. The van der Waals surface area contributed by atoms with Crippen LogP contribution in [0.2, 0.25) is 0 Å². The maximum atomic E-state index is 12.3. The molecule has 0 aliphatic carbocycles. The smallest absolute Gasteiger partial charge is 0.291 e. The fourth-order valence-electron chi connectivity index (χ4n) is 4.30. The van der Waals surface area contributed by atoms with Crippen LogP contribution >= 0.6 is 0 Å². The molecule has 0 atom stereocenters. The third-order valence-corrected chi connectivity index (χ3v) is 6.82. The first-order chi connectivity index (χ1) is 22.3. The summed E-state index contributed by atoms with van der Waals surface area (Å²) in [5.74, 6) is -0.699. The number of carbonyl (C=O) groups is 4. The van der Waals surface area contributed by atoms with Gasteiger partial charge in [-0.3, -0.25) is 19.2 Å². The molecule has 0 bridgehead atoms. The Bertz CT molecular complexity index is 1570. The molecule has 2 heterocycles. The van der Waals surface area contributed by atoms with Crippen LogP contribution in [0, 0.1) is 0 Å². The molecule has 2 aromatic carbocycles. The molecule has 0 fully saturated rings. The highest BCUT2D eigenvalue weighted by atomic mass is 16.3. The minimum Gasteiger partial charge on any atom is -0.459 e. The molecule has 0 saturated heterocycles. The highest BCUT2D eigenvalue weighted by Crippen LogP contribution is 2.15. The fraction of sp³-hybridized carbons (Fsp3) is 0.235. The van der Waals surface area contributed by atoms with Crippen LogP contribution in [0.5, 0.6) is 0 Å². The zero-order valence-electron chi connectivity index (χ0n) is 25.7. The van der Waals surface area contributed by atoms with E-state index in [1.165, 1.54) is 12.5 Å². The molecule has 0 aliphatic rings. The zero-order chi connectivity index (χ0) is 32.7. The molecule has 0 unspecified atom stereocenters. The number of carbonyl (C=O) groups excluding carboxylic acids is 4. The molecule has 238 valence electrons. The van der Waals surface area contributed by atoms with Gasteiger partial charge in [0.15, 0.2) is 11.5 Å². The molecule has 46 heavy (non-hydrogen) atoms. The molecule has 0 radical (unpaired) electrons. The Morgan fingerprint density at radius 3 is 1.41 bits per heavy atom. The van der Waals surface area contributed by atoms with Gasteiger partial charge in [0.1, 0.15) is 0 Å². The maximum absolute atomic E-state index is 12.3. The van der Waals surface area contributed by atoms with E-state index >= 15 is 0 Å². The van der Waals surface area contributed by atoms with Gasteiger partial charge in [-0.05, 0) is 86.3 Å². The Hall–Kier alpha value is -5.78. The number of hydrogen-bond donors (Lipinski definition) is 4. The second-order valence-electron chi connectivity index (χ2n) is 10.4. The van der Waals surface area contributed by atoms with Gasteiger partial charge in [0.2, 0.25) is 11.8 Å². The molecule has 4 rings (SSSR count). The third-order valence-electron chi connectivity index (χ3n) is 6.82. The summed E-state index contributed by atoms with van der Waals surface area (Å²) in [4.78, 5) is 48.9. The van der Waals surface area contributed by atoms with Crippen molar-refractivity contribution in [3.05, 3.63) is 108 Å². The first-order valence-electron chi connectivity index (χ1n) is 14.9. The number of hydrazone groups is 2. The number of rotatable bonds is 15. The maximum Gasteiger partial charge on any atom is 0.291 e. The average molecular weight is 625 g/mol. The standard InChI is InChI=1S/C34H36N6O6/c1-23(25-11-7-13-27(21-25)35-33(43)29-15-9-19-45-29)37-39-31(41)17-5-3-4-6-18-32(42)40-38-24(2)26-12-8-14-28(22-26)36-34(44)30-16-10-20-46-30/h7-16,19-22H,3-6,17-18H2,1-2H3,(H,35,43)(H,36,44)(H,39,41)(H,40,42). The summed E-state index contributed by atoms with van der Waals surface area (Å²) in [6.45, 7) is 3.54. The van der Waals surface area contributed by atoms with Crippen LogP contribution in [0.1, 0.15) is 84.6 Å². The molecular weight excluding hydrogens is 588 g/mol. The molecule has 0 saturated carbocycles. The van der Waals surface area contributed by atoms with E-state index in [0.29, 0.717) is 48.5 Å². The number of nitrogens with one attached hydrogen (secondary N) is 4. The summed E-state index contributed by atoms with van der Waals surface area (Å²) >= 11 is 0. The van der Waals surface area contributed by atoms with Gasteiger partial charge in [0.25, 0.3) is 11.8 Å². The lowest BCUT2D eigenvalue weighted by molar-refractivity contribution is -0.122. The van der Waals surface area contributed by atoms with Crippen LogP contribution in [0.15, 0.2) is 104 Å². The van der Waals surface area contributed by atoms with Gasteiger partial charge in [0, 0.05) is 24.2 Å². The number of unbranched alkanes of at least 4 members (excludes halogenated alkanes) is 3. The predicted octanol–water partition coefficient (Wildman–Crippen LogP) is 6.10. The molecule has 0 aliphatic heterocycles. The number of amides is 4. The summed E-state index contributed by atoms with van der Waals surface area (Å²) in [5.41, 5.74) is 8.99. The number of furan rings is 2. The van der Waals surface area contributed by atoms with Gasteiger partial charge in [-0.2, -0.15) is 10.2 Å². The van der Waals surface area contributed by atoms with Crippen molar-refractivity contribution in [2.75, 3.05) is 10.6 Å². The summed E-state index contributed by atoms with van der Waals surface area (Å²) < 4.78 is 10.2. The summed E-state index contributed by atoms with van der Waals surface area (Å²) in [5, 5.41) is 13.9. The van der Waals surface area contributed by atoms with E-state index in [1.807, 2.05) is 12.1 Å². The van der Waals surface area contributed by atoms with Crippen molar-refractivity contribution < 1.29 is 28.0 Å². The van der Waals surface area contributed by atoms with Crippen molar-refractivity contribution in [3.8, 4) is 0 Å². The molecule has 0 spiro atoms. The van der Waals surface area contributed by atoms with Gasteiger partial charge in [0.05, 0.1) is 23.9 Å². The second-order valence-corrected chi connectivity index (χ2v) is 10.4. The van der Waals surface area contributed by atoms with Crippen molar-refractivity contribution in [2.24, 2.45) is 10.2 Å². The quantitative estimate of drug-likeness (QED) is 0.0708. The Balaban J connectivity index is 1.10. The van der Waals surface area contributed by atoms with Crippen LogP contribution in [0.4, 0.5) is 11.4 Å². The third kappa shape index (κ3) is 10.4. The zero-order valence-corrected chi connectivity index (χ0v) is 25.7. The van der Waals surface area contributed by atoms with Crippen molar-refractivity contribution in [2.45, 2.75) is 52.4 Å².